The number of nitrogens with zero attached hydrogens (tertiary/aromatic N) is 2. The third-order valence-electron chi connectivity index (χ3n) is 5.10. The van der Waals surface area contributed by atoms with Crippen molar-refractivity contribution in [2.24, 2.45) is 0 Å². The molecule has 0 atom stereocenters. The Labute approximate surface area is 195 Å². The molecular weight excluding hydrogens is 408 g/mol. The Morgan fingerprint density at radius 2 is 0.969 bits per heavy atom. The van der Waals surface area contributed by atoms with Crippen LogP contribution < -0.4 is 10.6 Å². The van der Waals surface area contributed by atoms with Gasteiger partial charge in [-0.1, -0.05) is 12.8 Å². The standard InChI is InChI=1S/C24H48N4O4/c1-23(2,3)31-21(29)25-13-9-7-11-15-27-17-19-28(20-18-27)16-12-8-10-14-26-22(30)32-24(4,5)6/h7-20H2,1-6H3,(H,25,29)(H,26,30). The first-order valence-electron chi connectivity index (χ1n) is 12.3. The molecule has 0 radical (unpaired) electrons. The first-order chi connectivity index (χ1) is 14.9. The molecule has 1 aliphatic heterocycles. The van der Waals surface area contributed by atoms with Gasteiger partial charge in [0.2, 0.25) is 0 Å². The van der Waals surface area contributed by atoms with E-state index in [4.69, 9.17) is 9.47 Å². The Hall–Kier alpha value is -1.54. The zero-order valence-electron chi connectivity index (χ0n) is 21.4. The maximum atomic E-state index is 11.6. The van der Waals surface area contributed by atoms with E-state index in [0.717, 1.165) is 65.0 Å². The summed E-state index contributed by atoms with van der Waals surface area (Å²) in [6.07, 6.45) is 5.90. The highest BCUT2D eigenvalue weighted by molar-refractivity contribution is 5.67. The molecule has 1 aliphatic rings. The summed E-state index contributed by atoms with van der Waals surface area (Å²) in [5, 5.41) is 5.64. The number of piperazine rings is 1. The van der Waals surface area contributed by atoms with Crippen LogP contribution in [0.15, 0.2) is 0 Å². The molecule has 2 N–H and O–H groups in total. The molecule has 32 heavy (non-hydrogen) atoms. The average Bonchev–Trinajstić information content (AvgIpc) is 2.65. The van der Waals surface area contributed by atoms with Gasteiger partial charge in [0.25, 0.3) is 0 Å². The van der Waals surface area contributed by atoms with E-state index in [2.05, 4.69) is 20.4 Å². The summed E-state index contributed by atoms with van der Waals surface area (Å²) in [6, 6.07) is 0. The monoisotopic (exact) mass is 456 g/mol. The van der Waals surface area contributed by atoms with Crippen molar-refractivity contribution in [1.29, 1.82) is 0 Å². The Balaban J connectivity index is 1.94. The number of carbonyl (C=O) groups is 2. The number of carbonyl (C=O) groups excluding carboxylic acids is 2. The molecule has 8 nitrogen and oxygen atoms in total. The molecule has 0 aromatic rings. The molecule has 0 aromatic heterocycles. The number of unbranched alkanes of at least 4 members (excludes halogenated alkanes) is 4. The molecule has 1 rings (SSSR count). The Bertz CT molecular complexity index is 487. The van der Waals surface area contributed by atoms with Crippen LogP contribution in [0.3, 0.4) is 0 Å². The summed E-state index contributed by atoms with van der Waals surface area (Å²) in [6.45, 7) is 19.4. The van der Waals surface area contributed by atoms with Gasteiger partial charge in [0.05, 0.1) is 0 Å². The van der Waals surface area contributed by atoms with E-state index in [-0.39, 0.29) is 12.2 Å². The Morgan fingerprint density at radius 1 is 0.625 bits per heavy atom. The highest BCUT2D eigenvalue weighted by Crippen LogP contribution is 2.09. The van der Waals surface area contributed by atoms with Crippen LogP contribution >= 0.6 is 0 Å². The maximum absolute atomic E-state index is 11.6. The molecule has 2 amide bonds. The number of hydrogen-bond acceptors (Lipinski definition) is 6. The van der Waals surface area contributed by atoms with Crippen molar-refractivity contribution < 1.29 is 19.1 Å². The van der Waals surface area contributed by atoms with E-state index in [0.29, 0.717) is 13.1 Å². The third kappa shape index (κ3) is 16.1. The van der Waals surface area contributed by atoms with Gasteiger partial charge in [-0.25, -0.2) is 9.59 Å². The minimum absolute atomic E-state index is 0.326. The van der Waals surface area contributed by atoms with Crippen molar-refractivity contribution in [3.63, 3.8) is 0 Å². The smallest absolute Gasteiger partial charge is 0.407 e. The summed E-state index contributed by atoms with van der Waals surface area (Å²) in [5.41, 5.74) is -0.879. The normalized spacial score (nSPS) is 15.9. The van der Waals surface area contributed by atoms with Crippen LogP contribution in [0, 0.1) is 0 Å². The second-order valence-corrected chi connectivity index (χ2v) is 10.7. The van der Waals surface area contributed by atoms with Gasteiger partial charge in [0, 0.05) is 39.3 Å². The highest BCUT2D eigenvalue weighted by atomic mass is 16.6. The first kappa shape index (κ1) is 28.5. The highest BCUT2D eigenvalue weighted by Gasteiger charge is 2.17. The minimum Gasteiger partial charge on any atom is -0.444 e. The first-order valence-corrected chi connectivity index (χ1v) is 12.3. The lowest BCUT2D eigenvalue weighted by molar-refractivity contribution is 0.0515. The van der Waals surface area contributed by atoms with Crippen LogP contribution in [-0.4, -0.2) is 85.5 Å². The number of ether oxygens (including phenoxy) is 2. The van der Waals surface area contributed by atoms with Gasteiger partial charge in [-0.15, -0.1) is 0 Å². The molecule has 0 aliphatic carbocycles. The summed E-state index contributed by atoms with van der Waals surface area (Å²) in [7, 11) is 0. The van der Waals surface area contributed by atoms with Gasteiger partial charge in [-0.3, -0.25) is 0 Å². The van der Waals surface area contributed by atoms with E-state index in [1.54, 1.807) is 0 Å². The predicted molar refractivity (Wildman–Crippen MR) is 129 cm³/mol. The van der Waals surface area contributed by atoms with Gasteiger partial charge in [0.15, 0.2) is 0 Å². The SMILES string of the molecule is CC(C)(C)OC(=O)NCCCCCN1CCN(CCCCCNC(=O)OC(C)(C)C)CC1. The summed E-state index contributed by atoms with van der Waals surface area (Å²) < 4.78 is 10.5. The van der Waals surface area contributed by atoms with E-state index < -0.39 is 11.2 Å². The second kappa shape index (κ2) is 14.6. The van der Waals surface area contributed by atoms with Crippen LogP contribution in [0.4, 0.5) is 9.59 Å². The van der Waals surface area contributed by atoms with Crippen LogP contribution in [0.5, 0.6) is 0 Å². The fourth-order valence-corrected chi connectivity index (χ4v) is 3.52. The van der Waals surface area contributed by atoms with Gasteiger partial charge in [0.1, 0.15) is 11.2 Å². The Kier molecular flexibility index (Phi) is 13.0. The Morgan fingerprint density at radius 3 is 1.28 bits per heavy atom. The maximum Gasteiger partial charge on any atom is 0.407 e. The molecule has 0 unspecified atom stereocenters. The lowest BCUT2D eigenvalue weighted by Gasteiger charge is -2.34. The van der Waals surface area contributed by atoms with Crippen LogP contribution in [0.2, 0.25) is 0 Å². The van der Waals surface area contributed by atoms with Crippen molar-refractivity contribution in [2.45, 2.75) is 91.3 Å². The van der Waals surface area contributed by atoms with Crippen LogP contribution in [0.1, 0.15) is 80.1 Å². The molecule has 1 heterocycles. The molecule has 0 spiro atoms. The van der Waals surface area contributed by atoms with Gasteiger partial charge in [-0.05, 0) is 80.3 Å². The van der Waals surface area contributed by atoms with Gasteiger partial charge >= 0.3 is 12.2 Å². The topological polar surface area (TPSA) is 83.1 Å². The fraction of sp³-hybridized carbons (Fsp3) is 0.917. The summed E-state index contributed by atoms with van der Waals surface area (Å²) in [4.78, 5) is 28.3. The molecule has 188 valence electrons. The number of nitrogens with one attached hydrogen (secondary N) is 2. The summed E-state index contributed by atoms with van der Waals surface area (Å²) >= 11 is 0. The lowest BCUT2D eigenvalue weighted by Crippen LogP contribution is -2.46. The number of alkyl carbamates (subject to hydrolysis) is 2. The van der Waals surface area contributed by atoms with Crippen LogP contribution in [-0.2, 0) is 9.47 Å². The van der Waals surface area contributed by atoms with Gasteiger partial charge in [-0.2, -0.15) is 0 Å². The van der Waals surface area contributed by atoms with E-state index in [9.17, 15) is 9.59 Å². The quantitative estimate of drug-likeness (QED) is 0.432. The van der Waals surface area contributed by atoms with Crippen molar-refractivity contribution in [3.8, 4) is 0 Å². The van der Waals surface area contributed by atoms with Crippen molar-refractivity contribution in [3.05, 3.63) is 0 Å². The molecule has 0 saturated carbocycles. The average molecular weight is 457 g/mol. The predicted octanol–water partition coefficient (Wildman–Crippen LogP) is 3.99. The largest absolute Gasteiger partial charge is 0.444 e. The molecule has 1 fully saturated rings. The fourth-order valence-electron chi connectivity index (χ4n) is 3.52. The van der Waals surface area contributed by atoms with E-state index >= 15 is 0 Å². The molecular formula is C24H48N4O4. The van der Waals surface area contributed by atoms with Crippen molar-refractivity contribution in [1.82, 2.24) is 20.4 Å². The second-order valence-electron chi connectivity index (χ2n) is 10.7. The van der Waals surface area contributed by atoms with Crippen molar-refractivity contribution in [2.75, 3.05) is 52.4 Å². The van der Waals surface area contributed by atoms with Crippen molar-refractivity contribution >= 4 is 12.2 Å². The van der Waals surface area contributed by atoms with E-state index in [1.807, 2.05) is 41.5 Å². The minimum atomic E-state index is -0.439. The zero-order chi connectivity index (χ0) is 24.0. The number of hydrogen-bond donors (Lipinski definition) is 2. The zero-order valence-corrected chi connectivity index (χ0v) is 21.4. The molecule has 0 bridgehead atoms. The molecule has 1 saturated heterocycles. The number of amides is 2. The third-order valence-corrected chi connectivity index (χ3v) is 5.10. The lowest BCUT2D eigenvalue weighted by atomic mass is 10.2. The molecule has 8 heteroatoms. The molecule has 0 aromatic carbocycles. The van der Waals surface area contributed by atoms with Crippen LogP contribution in [0.25, 0.3) is 0 Å². The summed E-state index contributed by atoms with van der Waals surface area (Å²) in [5.74, 6) is 0. The van der Waals surface area contributed by atoms with E-state index in [1.165, 1.54) is 12.8 Å². The number of rotatable bonds is 12. The van der Waals surface area contributed by atoms with Gasteiger partial charge < -0.3 is 29.9 Å².